The molecule has 0 aliphatic heterocycles. The molecule has 2 aromatic rings. The summed E-state index contributed by atoms with van der Waals surface area (Å²) in [4.78, 5) is 0. The molecular weight excluding hydrogens is 294 g/mol. The average Bonchev–Trinajstić information content (AvgIpc) is 2.80. The number of rotatable bonds is 4. The minimum absolute atomic E-state index is 0.691. The Balaban J connectivity index is 2.32. The summed E-state index contributed by atoms with van der Waals surface area (Å²) >= 11 is 3.48. The number of hydrogen-bond acceptors (Lipinski definition) is 3. The van der Waals surface area contributed by atoms with Gasteiger partial charge < -0.3 is 5.11 Å². The largest absolute Gasteiger partial charge is 0.382 e. The van der Waals surface area contributed by atoms with Crippen LogP contribution in [0.25, 0.3) is 0 Å². The van der Waals surface area contributed by atoms with E-state index >= 15 is 0 Å². The maximum atomic E-state index is 10.4. The minimum atomic E-state index is -0.691. The van der Waals surface area contributed by atoms with Crippen molar-refractivity contribution in [1.29, 1.82) is 0 Å². The first kappa shape index (κ1) is 13.2. The van der Waals surface area contributed by atoms with Crippen LogP contribution < -0.4 is 0 Å². The SMILES string of the molecule is CCCn1nncc1C(O)c1ccc(C)c(Br)c1. The lowest BCUT2D eigenvalue weighted by atomic mass is 10.1. The van der Waals surface area contributed by atoms with E-state index in [1.54, 1.807) is 10.9 Å². The van der Waals surface area contributed by atoms with Crippen molar-refractivity contribution in [2.24, 2.45) is 0 Å². The molecule has 1 unspecified atom stereocenters. The third-order valence-electron chi connectivity index (χ3n) is 2.87. The molecule has 1 atom stereocenters. The van der Waals surface area contributed by atoms with E-state index in [1.807, 2.05) is 25.1 Å². The monoisotopic (exact) mass is 309 g/mol. The first-order valence-electron chi connectivity index (χ1n) is 5.96. The van der Waals surface area contributed by atoms with Crippen LogP contribution in [-0.2, 0) is 6.54 Å². The van der Waals surface area contributed by atoms with Gasteiger partial charge in [0.05, 0.1) is 11.9 Å². The van der Waals surface area contributed by atoms with Gasteiger partial charge in [-0.1, -0.05) is 40.2 Å². The molecule has 5 heteroatoms. The Kier molecular flexibility index (Phi) is 4.14. The standard InChI is InChI=1S/C13H16BrN3O/c1-3-6-17-12(8-15-16-17)13(18)10-5-4-9(2)11(14)7-10/h4-5,7-8,13,18H,3,6H2,1-2H3. The molecular formula is C13H16BrN3O. The first-order chi connectivity index (χ1) is 8.63. The fraction of sp³-hybridized carbons (Fsp3) is 0.385. The van der Waals surface area contributed by atoms with Gasteiger partial charge in [0, 0.05) is 11.0 Å². The summed E-state index contributed by atoms with van der Waals surface area (Å²) in [6.07, 6.45) is 1.89. The van der Waals surface area contributed by atoms with Gasteiger partial charge in [-0.05, 0) is 30.5 Å². The zero-order valence-electron chi connectivity index (χ0n) is 10.5. The molecule has 1 N–H and O–H groups in total. The fourth-order valence-corrected chi connectivity index (χ4v) is 2.21. The molecule has 0 aliphatic rings. The van der Waals surface area contributed by atoms with Gasteiger partial charge in [-0.25, -0.2) is 4.68 Å². The number of aliphatic hydroxyl groups is 1. The van der Waals surface area contributed by atoms with Crippen LogP contribution >= 0.6 is 15.9 Å². The molecule has 1 aromatic carbocycles. The first-order valence-corrected chi connectivity index (χ1v) is 6.75. The summed E-state index contributed by atoms with van der Waals surface area (Å²) in [7, 11) is 0. The van der Waals surface area contributed by atoms with Gasteiger partial charge in [0.15, 0.2) is 0 Å². The van der Waals surface area contributed by atoms with Crippen molar-refractivity contribution in [3.05, 3.63) is 45.7 Å². The summed E-state index contributed by atoms with van der Waals surface area (Å²) in [5, 5.41) is 18.2. The predicted molar refractivity (Wildman–Crippen MR) is 73.3 cm³/mol. The van der Waals surface area contributed by atoms with Crippen molar-refractivity contribution < 1.29 is 5.11 Å². The van der Waals surface area contributed by atoms with E-state index < -0.39 is 6.10 Å². The van der Waals surface area contributed by atoms with Crippen LogP contribution in [0.5, 0.6) is 0 Å². The topological polar surface area (TPSA) is 50.9 Å². The van der Waals surface area contributed by atoms with Crippen LogP contribution in [-0.4, -0.2) is 20.1 Å². The highest BCUT2D eigenvalue weighted by Gasteiger charge is 2.16. The lowest BCUT2D eigenvalue weighted by Gasteiger charge is -2.13. The van der Waals surface area contributed by atoms with Gasteiger partial charge >= 0.3 is 0 Å². The van der Waals surface area contributed by atoms with E-state index in [-0.39, 0.29) is 0 Å². The summed E-state index contributed by atoms with van der Waals surface area (Å²) in [6, 6.07) is 5.84. The van der Waals surface area contributed by atoms with Gasteiger partial charge in [0.1, 0.15) is 6.10 Å². The molecule has 0 radical (unpaired) electrons. The van der Waals surface area contributed by atoms with Crippen molar-refractivity contribution in [1.82, 2.24) is 15.0 Å². The Morgan fingerprint density at radius 3 is 2.89 bits per heavy atom. The third-order valence-corrected chi connectivity index (χ3v) is 3.73. The quantitative estimate of drug-likeness (QED) is 0.945. The Morgan fingerprint density at radius 2 is 2.22 bits per heavy atom. The second kappa shape index (κ2) is 5.63. The summed E-state index contributed by atoms with van der Waals surface area (Å²) in [5.41, 5.74) is 2.71. The number of aryl methyl sites for hydroxylation is 2. The highest BCUT2D eigenvalue weighted by molar-refractivity contribution is 9.10. The lowest BCUT2D eigenvalue weighted by molar-refractivity contribution is 0.207. The van der Waals surface area contributed by atoms with Gasteiger partial charge in [0.25, 0.3) is 0 Å². The Hall–Kier alpha value is -1.20. The third kappa shape index (κ3) is 2.62. The highest BCUT2D eigenvalue weighted by atomic mass is 79.9. The van der Waals surface area contributed by atoms with Crippen LogP contribution in [0.15, 0.2) is 28.9 Å². The molecule has 0 bridgehead atoms. The molecule has 0 saturated heterocycles. The van der Waals surface area contributed by atoms with Crippen LogP contribution in [0.2, 0.25) is 0 Å². The molecule has 0 saturated carbocycles. The fourth-order valence-electron chi connectivity index (χ4n) is 1.81. The normalized spacial score (nSPS) is 12.7. The number of aromatic nitrogens is 3. The summed E-state index contributed by atoms with van der Waals surface area (Å²) < 4.78 is 2.74. The van der Waals surface area contributed by atoms with E-state index in [0.717, 1.165) is 34.3 Å². The smallest absolute Gasteiger partial charge is 0.122 e. The molecule has 0 fully saturated rings. The Morgan fingerprint density at radius 1 is 1.44 bits per heavy atom. The van der Waals surface area contributed by atoms with Gasteiger partial charge in [-0.3, -0.25) is 0 Å². The van der Waals surface area contributed by atoms with Crippen LogP contribution in [0.1, 0.15) is 36.3 Å². The van der Waals surface area contributed by atoms with Gasteiger partial charge in [-0.15, -0.1) is 5.10 Å². The van der Waals surface area contributed by atoms with Gasteiger partial charge in [-0.2, -0.15) is 0 Å². The summed E-state index contributed by atoms with van der Waals surface area (Å²) in [5.74, 6) is 0. The molecule has 18 heavy (non-hydrogen) atoms. The lowest BCUT2D eigenvalue weighted by Crippen LogP contribution is -2.10. The predicted octanol–water partition coefficient (Wildman–Crippen LogP) is 2.84. The number of hydrogen-bond donors (Lipinski definition) is 1. The molecule has 4 nitrogen and oxygen atoms in total. The number of benzene rings is 1. The minimum Gasteiger partial charge on any atom is -0.382 e. The molecule has 1 heterocycles. The van der Waals surface area contributed by atoms with Crippen molar-refractivity contribution in [2.75, 3.05) is 0 Å². The second-order valence-electron chi connectivity index (χ2n) is 4.29. The highest BCUT2D eigenvalue weighted by Crippen LogP contribution is 2.25. The van der Waals surface area contributed by atoms with Crippen LogP contribution in [0.4, 0.5) is 0 Å². The Labute approximate surface area is 115 Å². The number of halogens is 1. The number of nitrogens with zero attached hydrogens (tertiary/aromatic N) is 3. The maximum Gasteiger partial charge on any atom is 0.122 e. The van der Waals surface area contributed by atoms with E-state index in [2.05, 4.69) is 33.2 Å². The average molecular weight is 310 g/mol. The van der Waals surface area contributed by atoms with E-state index in [4.69, 9.17) is 0 Å². The van der Waals surface area contributed by atoms with E-state index in [9.17, 15) is 5.11 Å². The molecule has 0 spiro atoms. The summed E-state index contributed by atoms with van der Waals surface area (Å²) in [6.45, 7) is 4.85. The van der Waals surface area contributed by atoms with Crippen molar-refractivity contribution >= 4 is 15.9 Å². The molecule has 0 aliphatic carbocycles. The van der Waals surface area contributed by atoms with E-state index in [1.165, 1.54) is 0 Å². The zero-order valence-corrected chi connectivity index (χ0v) is 12.1. The van der Waals surface area contributed by atoms with Crippen LogP contribution in [0, 0.1) is 6.92 Å². The molecule has 1 aromatic heterocycles. The number of aliphatic hydroxyl groups excluding tert-OH is 1. The Bertz CT molecular complexity index is 539. The van der Waals surface area contributed by atoms with Crippen molar-refractivity contribution in [3.8, 4) is 0 Å². The van der Waals surface area contributed by atoms with Crippen molar-refractivity contribution in [2.45, 2.75) is 32.9 Å². The zero-order chi connectivity index (χ0) is 13.1. The van der Waals surface area contributed by atoms with Gasteiger partial charge in [0.2, 0.25) is 0 Å². The second-order valence-corrected chi connectivity index (χ2v) is 5.15. The van der Waals surface area contributed by atoms with E-state index in [0.29, 0.717) is 0 Å². The van der Waals surface area contributed by atoms with Crippen LogP contribution in [0.3, 0.4) is 0 Å². The molecule has 2 rings (SSSR count). The molecule has 96 valence electrons. The molecule has 0 amide bonds. The maximum absolute atomic E-state index is 10.4. The van der Waals surface area contributed by atoms with Crippen molar-refractivity contribution in [3.63, 3.8) is 0 Å².